The molecule has 0 saturated carbocycles. The molecular weight excluding hydrogens is 316 g/mol. The lowest BCUT2D eigenvalue weighted by Gasteiger charge is -2.35. The quantitative estimate of drug-likeness (QED) is 0.793. The van der Waals surface area contributed by atoms with Crippen LogP contribution in [0.3, 0.4) is 0 Å². The van der Waals surface area contributed by atoms with Gasteiger partial charge in [-0.1, -0.05) is 11.8 Å². The maximum atomic E-state index is 12.4. The van der Waals surface area contributed by atoms with Crippen LogP contribution in [-0.2, 0) is 16.6 Å². The van der Waals surface area contributed by atoms with Crippen molar-refractivity contribution in [2.75, 3.05) is 18.8 Å². The summed E-state index contributed by atoms with van der Waals surface area (Å²) >= 11 is 1.39. The second-order valence-corrected chi connectivity index (χ2v) is 6.63. The second kappa shape index (κ2) is 6.76. The summed E-state index contributed by atoms with van der Waals surface area (Å²) in [6, 6.07) is 3.64. The molecule has 2 aromatic rings. The summed E-state index contributed by atoms with van der Waals surface area (Å²) in [6.45, 7) is 5.25. The van der Waals surface area contributed by atoms with Gasteiger partial charge in [0.25, 0.3) is 0 Å². The van der Waals surface area contributed by atoms with Crippen LogP contribution in [0.1, 0.15) is 13.8 Å². The minimum atomic E-state index is 0.0769. The van der Waals surface area contributed by atoms with Crippen molar-refractivity contribution in [2.45, 2.75) is 31.2 Å². The highest BCUT2D eigenvalue weighted by atomic mass is 32.2. The number of hydrogen-bond acceptors (Lipinski definition) is 6. The van der Waals surface area contributed by atoms with E-state index in [9.17, 15) is 4.79 Å². The normalized spacial score (nSPS) is 21.6. The van der Waals surface area contributed by atoms with Gasteiger partial charge in [-0.15, -0.1) is 10.2 Å². The number of ether oxygens (including phenoxy) is 1. The third-order valence-corrected chi connectivity index (χ3v) is 4.68. The molecule has 0 N–H and O–H groups in total. The average Bonchev–Trinajstić information content (AvgIpc) is 3.13. The number of nitrogens with zero attached hydrogens (tertiary/aromatic N) is 4. The predicted octanol–water partition coefficient (Wildman–Crippen LogP) is 1.80. The van der Waals surface area contributed by atoms with Crippen LogP contribution >= 0.6 is 11.8 Å². The molecular formula is C15H20N4O3S. The van der Waals surface area contributed by atoms with E-state index in [-0.39, 0.29) is 18.1 Å². The highest BCUT2D eigenvalue weighted by Crippen LogP contribution is 2.23. The van der Waals surface area contributed by atoms with Crippen molar-refractivity contribution in [3.63, 3.8) is 0 Å². The molecule has 2 unspecified atom stereocenters. The van der Waals surface area contributed by atoms with Gasteiger partial charge < -0.3 is 18.6 Å². The maximum Gasteiger partial charge on any atom is 0.233 e. The Morgan fingerprint density at radius 1 is 1.35 bits per heavy atom. The molecule has 8 heteroatoms. The number of hydrogen-bond donors (Lipinski definition) is 0. The second-order valence-electron chi connectivity index (χ2n) is 5.69. The maximum absolute atomic E-state index is 12.4. The molecule has 23 heavy (non-hydrogen) atoms. The smallest absolute Gasteiger partial charge is 0.233 e. The molecule has 0 aliphatic carbocycles. The van der Waals surface area contributed by atoms with Crippen molar-refractivity contribution in [3.8, 4) is 11.6 Å². The lowest BCUT2D eigenvalue weighted by Crippen LogP contribution is -2.48. The lowest BCUT2D eigenvalue weighted by atomic mass is 10.2. The molecule has 3 heterocycles. The Balaban J connectivity index is 1.61. The van der Waals surface area contributed by atoms with Crippen molar-refractivity contribution in [1.29, 1.82) is 0 Å². The Morgan fingerprint density at radius 3 is 2.74 bits per heavy atom. The largest absolute Gasteiger partial charge is 0.461 e. The number of thioether (sulfide) groups is 1. The number of furan rings is 1. The Kier molecular flexibility index (Phi) is 4.72. The van der Waals surface area contributed by atoms with E-state index in [0.29, 0.717) is 35.6 Å². The van der Waals surface area contributed by atoms with E-state index >= 15 is 0 Å². The van der Waals surface area contributed by atoms with E-state index < -0.39 is 0 Å². The third-order valence-electron chi connectivity index (χ3n) is 3.67. The summed E-state index contributed by atoms with van der Waals surface area (Å²) < 4.78 is 12.8. The predicted molar refractivity (Wildman–Crippen MR) is 86.0 cm³/mol. The fourth-order valence-corrected chi connectivity index (χ4v) is 3.47. The molecule has 1 aliphatic rings. The molecule has 1 fully saturated rings. The molecule has 0 spiro atoms. The summed E-state index contributed by atoms with van der Waals surface area (Å²) in [5, 5.41) is 8.96. The molecule has 2 atom stereocenters. The number of carbonyl (C=O) groups is 1. The van der Waals surface area contributed by atoms with E-state index in [0.717, 1.165) is 0 Å². The minimum Gasteiger partial charge on any atom is -0.461 e. The average molecular weight is 336 g/mol. The van der Waals surface area contributed by atoms with Crippen LogP contribution in [0, 0.1) is 0 Å². The molecule has 2 aromatic heterocycles. The van der Waals surface area contributed by atoms with E-state index in [1.165, 1.54) is 11.8 Å². The molecule has 7 nitrogen and oxygen atoms in total. The van der Waals surface area contributed by atoms with Crippen LogP contribution in [0.4, 0.5) is 0 Å². The summed E-state index contributed by atoms with van der Waals surface area (Å²) in [4.78, 5) is 14.2. The number of rotatable bonds is 4. The standard InChI is InChI=1S/C15H20N4O3S/c1-10-7-19(8-11(2)22-10)13(20)9-23-15-17-16-14(18(15)3)12-5-4-6-21-12/h4-6,10-11H,7-9H2,1-3H3. The molecule has 0 aromatic carbocycles. The Labute approximate surface area is 139 Å². The minimum absolute atomic E-state index is 0.0769. The molecule has 124 valence electrons. The van der Waals surface area contributed by atoms with Gasteiger partial charge in [0.1, 0.15) is 0 Å². The van der Waals surface area contributed by atoms with Crippen LogP contribution in [-0.4, -0.2) is 56.6 Å². The third kappa shape index (κ3) is 3.59. The van der Waals surface area contributed by atoms with Gasteiger partial charge in [0.2, 0.25) is 5.91 Å². The van der Waals surface area contributed by atoms with Crippen LogP contribution in [0.2, 0.25) is 0 Å². The van der Waals surface area contributed by atoms with Crippen molar-refractivity contribution in [3.05, 3.63) is 18.4 Å². The fraction of sp³-hybridized carbons (Fsp3) is 0.533. The van der Waals surface area contributed by atoms with Gasteiger partial charge in [0, 0.05) is 20.1 Å². The fourth-order valence-electron chi connectivity index (χ4n) is 2.66. The first-order valence-electron chi connectivity index (χ1n) is 7.54. The van der Waals surface area contributed by atoms with Gasteiger partial charge in [-0.2, -0.15) is 0 Å². The first-order valence-corrected chi connectivity index (χ1v) is 8.52. The first kappa shape index (κ1) is 16.1. The Hall–Kier alpha value is -1.80. The Morgan fingerprint density at radius 2 is 2.09 bits per heavy atom. The molecule has 1 saturated heterocycles. The zero-order valence-electron chi connectivity index (χ0n) is 13.4. The summed E-state index contributed by atoms with van der Waals surface area (Å²) in [6.07, 6.45) is 1.75. The molecule has 1 aliphatic heterocycles. The van der Waals surface area contributed by atoms with Crippen molar-refractivity contribution in [1.82, 2.24) is 19.7 Å². The van der Waals surface area contributed by atoms with Gasteiger partial charge in [-0.05, 0) is 26.0 Å². The number of aromatic nitrogens is 3. The van der Waals surface area contributed by atoms with Gasteiger partial charge >= 0.3 is 0 Å². The van der Waals surface area contributed by atoms with Gasteiger partial charge in [0.05, 0.1) is 24.2 Å². The topological polar surface area (TPSA) is 73.4 Å². The number of amides is 1. The molecule has 3 rings (SSSR count). The molecule has 0 bridgehead atoms. The van der Waals surface area contributed by atoms with Crippen LogP contribution in [0.15, 0.2) is 28.0 Å². The highest BCUT2D eigenvalue weighted by molar-refractivity contribution is 7.99. The number of morpholine rings is 1. The summed E-state index contributed by atoms with van der Waals surface area (Å²) in [5.74, 6) is 1.75. The zero-order valence-corrected chi connectivity index (χ0v) is 14.2. The van der Waals surface area contributed by atoms with Gasteiger partial charge in [-0.3, -0.25) is 4.79 Å². The molecule has 1 amide bonds. The first-order chi connectivity index (χ1) is 11.0. The van der Waals surface area contributed by atoms with Crippen LogP contribution in [0.25, 0.3) is 11.6 Å². The summed E-state index contributed by atoms with van der Waals surface area (Å²) in [7, 11) is 1.86. The summed E-state index contributed by atoms with van der Waals surface area (Å²) in [5.41, 5.74) is 0. The van der Waals surface area contributed by atoms with Crippen molar-refractivity contribution in [2.24, 2.45) is 7.05 Å². The van der Waals surface area contributed by atoms with Crippen LogP contribution < -0.4 is 0 Å². The van der Waals surface area contributed by atoms with Gasteiger partial charge in [0.15, 0.2) is 16.7 Å². The van der Waals surface area contributed by atoms with E-state index in [1.807, 2.05) is 36.4 Å². The Bertz CT molecular complexity index is 660. The van der Waals surface area contributed by atoms with Crippen molar-refractivity contribution >= 4 is 17.7 Å². The van der Waals surface area contributed by atoms with Crippen LogP contribution in [0.5, 0.6) is 0 Å². The van der Waals surface area contributed by atoms with Gasteiger partial charge in [-0.25, -0.2) is 0 Å². The monoisotopic (exact) mass is 336 g/mol. The van der Waals surface area contributed by atoms with Crippen molar-refractivity contribution < 1.29 is 13.9 Å². The lowest BCUT2D eigenvalue weighted by molar-refractivity contribution is -0.140. The zero-order chi connectivity index (χ0) is 16.4. The van der Waals surface area contributed by atoms with E-state index in [2.05, 4.69) is 10.2 Å². The number of carbonyl (C=O) groups excluding carboxylic acids is 1. The van der Waals surface area contributed by atoms with E-state index in [4.69, 9.17) is 9.15 Å². The highest BCUT2D eigenvalue weighted by Gasteiger charge is 2.26. The molecule has 0 radical (unpaired) electrons. The van der Waals surface area contributed by atoms with E-state index in [1.54, 1.807) is 12.3 Å². The SMILES string of the molecule is CC1CN(C(=O)CSc2nnc(-c3ccco3)n2C)CC(C)O1.